The Bertz CT molecular complexity index is 547. The number of nitrogens with one attached hydrogen (secondary N) is 1. The van der Waals surface area contributed by atoms with Crippen molar-refractivity contribution in [2.45, 2.75) is 0 Å². The highest BCUT2D eigenvalue weighted by atomic mass is 35.5. The molecule has 1 aliphatic heterocycles. The molecule has 0 aromatic heterocycles. The summed E-state index contributed by atoms with van der Waals surface area (Å²) in [6.45, 7) is 0. The van der Waals surface area contributed by atoms with Gasteiger partial charge in [0.15, 0.2) is 5.69 Å². The second-order valence-corrected chi connectivity index (χ2v) is 3.35. The van der Waals surface area contributed by atoms with Crippen LogP contribution in [0.3, 0.4) is 0 Å². The van der Waals surface area contributed by atoms with Gasteiger partial charge in [0.1, 0.15) is 0 Å². The molecule has 0 saturated carbocycles. The zero-order chi connectivity index (χ0) is 10.1. The molecule has 1 N–H and O–H groups in total. The van der Waals surface area contributed by atoms with Gasteiger partial charge in [-0.25, -0.2) is 0 Å². The van der Waals surface area contributed by atoms with E-state index in [4.69, 9.17) is 0 Å². The number of rotatable bonds is 1. The molecular weight excluding hydrogens is 224 g/mol. The maximum atomic E-state index is 3.98. The van der Waals surface area contributed by atoms with Gasteiger partial charge in [-0.1, -0.05) is 35.4 Å². The van der Waals surface area contributed by atoms with Gasteiger partial charge in [-0.2, -0.15) is 0 Å². The third kappa shape index (κ3) is 1.68. The first kappa shape index (κ1) is 10.7. The van der Waals surface area contributed by atoms with E-state index in [1.54, 1.807) is 6.34 Å². The van der Waals surface area contributed by atoms with Crippen molar-refractivity contribution in [3.05, 3.63) is 42.5 Å². The van der Waals surface area contributed by atoms with Crippen molar-refractivity contribution in [3.8, 4) is 0 Å². The van der Waals surface area contributed by atoms with Crippen molar-refractivity contribution >= 4 is 22.8 Å². The molecule has 3 rings (SSSR count). The highest BCUT2D eigenvalue weighted by molar-refractivity contribution is 5.91. The summed E-state index contributed by atoms with van der Waals surface area (Å²) in [5, 5.41) is 14.5. The molecule has 0 bridgehead atoms. The first-order valence-corrected chi connectivity index (χ1v) is 4.74. The van der Waals surface area contributed by atoms with Crippen molar-refractivity contribution < 1.29 is 17.4 Å². The van der Waals surface area contributed by atoms with Gasteiger partial charge in [0.05, 0.1) is 5.22 Å². The fourth-order valence-electron chi connectivity index (χ4n) is 1.75. The molecule has 1 aliphatic rings. The topological polar surface area (TPSA) is 41.5 Å². The lowest BCUT2D eigenvalue weighted by atomic mass is 10.1. The van der Waals surface area contributed by atoms with E-state index in [-0.39, 0.29) is 12.4 Å². The Balaban J connectivity index is 0.000000963. The van der Waals surface area contributed by atoms with Gasteiger partial charge in [-0.05, 0) is 11.5 Å². The van der Waals surface area contributed by atoms with Crippen LogP contribution < -0.4 is 17.4 Å². The minimum atomic E-state index is 0. The fourth-order valence-corrected chi connectivity index (χ4v) is 1.75. The Morgan fingerprint density at radius 1 is 0.938 bits per heavy atom. The highest BCUT2D eigenvalue weighted by Gasteiger charge is 2.15. The van der Waals surface area contributed by atoms with Crippen molar-refractivity contribution in [2.75, 3.05) is 0 Å². The number of hydrogen-bond donors (Lipinski definition) is 1. The predicted molar refractivity (Wildman–Crippen MR) is 57.9 cm³/mol. The maximum Gasteiger partial charge on any atom is 0.243 e. The molecule has 0 amide bonds. The summed E-state index contributed by atoms with van der Waals surface area (Å²) in [5.41, 5.74) is 1.08. The molecule has 1 atom stereocenters. The Kier molecular flexibility index (Phi) is 2.94. The predicted octanol–water partition coefficient (Wildman–Crippen LogP) is -1.32. The first-order valence-electron chi connectivity index (χ1n) is 4.74. The van der Waals surface area contributed by atoms with E-state index < -0.39 is 0 Å². The van der Waals surface area contributed by atoms with Crippen LogP contribution in [-0.2, 0) is 0 Å². The van der Waals surface area contributed by atoms with Crippen LogP contribution in [0.2, 0.25) is 0 Å². The lowest BCUT2D eigenvalue weighted by Gasteiger charge is -2.04. The van der Waals surface area contributed by atoms with Crippen molar-refractivity contribution in [1.29, 1.82) is 0 Å². The monoisotopic (exact) mass is 232 g/mol. The third-order valence-electron chi connectivity index (χ3n) is 2.45. The Labute approximate surface area is 98.7 Å². The number of nitrogens with zero attached hydrogens (tertiary/aromatic N) is 3. The van der Waals surface area contributed by atoms with E-state index in [0.29, 0.717) is 0 Å². The highest BCUT2D eigenvalue weighted by Crippen LogP contribution is 2.19. The summed E-state index contributed by atoms with van der Waals surface area (Å²) in [7, 11) is 0. The molecule has 2 aromatic rings. The first-order chi connectivity index (χ1) is 7.45. The van der Waals surface area contributed by atoms with E-state index in [0.717, 1.165) is 10.7 Å². The molecule has 80 valence electrons. The van der Waals surface area contributed by atoms with E-state index in [2.05, 4.69) is 33.7 Å². The summed E-state index contributed by atoms with van der Waals surface area (Å²) in [6.07, 6.45) is 1.68. The molecule has 0 radical (unpaired) electrons. The molecule has 0 aliphatic carbocycles. The van der Waals surface area contributed by atoms with Crippen molar-refractivity contribution in [2.24, 2.45) is 15.5 Å². The standard InChI is InChI=1S/C11H8N4.ClH/c1-2-6-10-9(4-1)5-3-7-11(10)15-8-12-13-14-15;/h1-8H;1H. The van der Waals surface area contributed by atoms with Gasteiger partial charge in [-0.15, -0.1) is 5.01 Å². The summed E-state index contributed by atoms with van der Waals surface area (Å²) in [4.78, 5) is 0. The summed E-state index contributed by atoms with van der Waals surface area (Å²) in [6, 6.07) is 14.4. The van der Waals surface area contributed by atoms with E-state index in [1.807, 2.05) is 24.3 Å². The van der Waals surface area contributed by atoms with Crippen LogP contribution in [0.5, 0.6) is 0 Å². The number of halogens is 1. The van der Waals surface area contributed by atoms with Crippen molar-refractivity contribution in [3.63, 3.8) is 0 Å². The molecule has 5 heteroatoms. The van der Waals surface area contributed by atoms with Crippen LogP contribution >= 0.6 is 0 Å². The number of fused-ring (bicyclic) bond motifs is 1. The molecule has 2 aromatic carbocycles. The lowest BCUT2D eigenvalue weighted by molar-refractivity contribution is -0.731. The molecule has 1 unspecified atom stereocenters. The second kappa shape index (κ2) is 4.38. The van der Waals surface area contributed by atoms with E-state index in [1.165, 1.54) is 10.8 Å². The van der Waals surface area contributed by atoms with Gasteiger partial charge in [0.25, 0.3) is 0 Å². The molecular formula is C11H9ClN4. The van der Waals surface area contributed by atoms with Crippen LogP contribution in [0.15, 0.2) is 58.0 Å². The van der Waals surface area contributed by atoms with Crippen LogP contribution in [0.25, 0.3) is 10.8 Å². The number of hydrogen-bond acceptors (Lipinski definition) is 3. The zero-order valence-corrected chi connectivity index (χ0v) is 9.09. The zero-order valence-electron chi connectivity index (χ0n) is 8.34. The normalized spacial score (nSPS) is 17.6. The summed E-state index contributed by atoms with van der Waals surface area (Å²) in [5.74, 6) is 0. The third-order valence-corrected chi connectivity index (χ3v) is 2.45. The Morgan fingerprint density at radius 2 is 1.75 bits per heavy atom. The van der Waals surface area contributed by atoms with E-state index >= 15 is 0 Å². The van der Waals surface area contributed by atoms with Gasteiger partial charge in [0, 0.05) is 16.7 Å². The molecule has 16 heavy (non-hydrogen) atoms. The van der Waals surface area contributed by atoms with Gasteiger partial charge < -0.3 is 12.4 Å². The Morgan fingerprint density at radius 3 is 2.56 bits per heavy atom. The summed E-state index contributed by atoms with van der Waals surface area (Å²) < 4.78 is 0. The van der Waals surface area contributed by atoms with Crippen LogP contribution in [0, 0.1) is 0 Å². The van der Waals surface area contributed by atoms with E-state index in [9.17, 15) is 0 Å². The Hall–Kier alpha value is -1.78. The van der Waals surface area contributed by atoms with Crippen LogP contribution in [-0.4, -0.2) is 6.34 Å². The minimum absolute atomic E-state index is 0. The van der Waals surface area contributed by atoms with Gasteiger partial charge in [-0.3, -0.25) is 0 Å². The van der Waals surface area contributed by atoms with Gasteiger partial charge >= 0.3 is 0 Å². The minimum Gasteiger partial charge on any atom is -1.00 e. The molecule has 0 spiro atoms. The maximum absolute atomic E-state index is 3.98. The summed E-state index contributed by atoms with van der Waals surface area (Å²) >= 11 is 0. The molecule has 0 fully saturated rings. The number of quaternary nitrogens is 1. The quantitative estimate of drug-likeness (QED) is 0.634. The number of benzene rings is 2. The van der Waals surface area contributed by atoms with Crippen molar-refractivity contribution in [1.82, 2.24) is 0 Å². The van der Waals surface area contributed by atoms with Crippen LogP contribution in [0.4, 0.5) is 5.69 Å². The molecule has 1 heterocycles. The smallest absolute Gasteiger partial charge is 0.243 e. The molecule has 0 saturated heterocycles. The second-order valence-electron chi connectivity index (χ2n) is 3.35. The lowest BCUT2D eigenvalue weighted by Crippen LogP contribution is -3.00. The largest absolute Gasteiger partial charge is 1.00 e. The van der Waals surface area contributed by atoms with Crippen LogP contribution in [0.1, 0.15) is 0 Å². The SMILES string of the molecule is C1=NN=N[NH+]1c1cccc2ccccc12.[Cl-]. The molecule has 4 nitrogen and oxygen atoms in total. The fraction of sp³-hybridized carbons (Fsp3) is 0. The average Bonchev–Trinajstić information content (AvgIpc) is 2.82. The van der Waals surface area contributed by atoms with Gasteiger partial charge in [0.2, 0.25) is 6.34 Å². The average molecular weight is 233 g/mol.